The summed E-state index contributed by atoms with van der Waals surface area (Å²) in [4.78, 5) is 9.92. The minimum Gasteiger partial charge on any atom is -0.493 e. The number of aliphatic imine (C=N–C) groups is 1. The summed E-state index contributed by atoms with van der Waals surface area (Å²) in [5, 5.41) is 3.83. The molecule has 196 valence electrons. The van der Waals surface area contributed by atoms with Gasteiger partial charge in [0.15, 0.2) is 16.6 Å². The third kappa shape index (κ3) is 5.45. The predicted molar refractivity (Wildman–Crippen MR) is 148 cm³/mol. The van der Waals surface area contributed by atoms with Crippen molar-refractivity contribution in [2.24, 2.45) is 4.99 Å². The molecule has 0 spiro atoms. The number of ether oxygens (including phenoxy) is 5. The van der Waals surface area contributed by atoms with Crippen molar-refractivity contribution >= 4 is 33.9 Å². The molecule has 0 saturated carbocycles. The maximum absolute atomic E-state index is 6.24. The normalized spacial score (nSPS) is 14.4. The van der Waals surface area contributed by atoms with Crippen molar-refractivity contribution in [3.8, 4) is 23.0 Å². The summed E-state index contributed by atoms with van der Waals surface area (Å²) in [6, 6.07) is 21.4. The number of thiazole rings is 1. The second-order valence-corrected chi connectivity index (χ2v) is 9.38. The Hall–Kier alpha value is -4.44. The highest BCUT2D eigenvalue weighted by atomic mass is 32.1. The quantitative estimate of drug-likeness (QED) is 0.272. The van der Waals surface area contributed by atoms with Crippen LogP contribution >= 0.6 is 11.3 Å². The van der Waals surface area contributed by atoms with E-state index in [0.717, 1.165) is 16.9 Å². The highest BCUT2D eigenvalue weighted by Crippen LogP contribution is 2.41. The first-order valence-electron chi connectivity index (χ1n) is 11.9. The molecular formula is C28H28N4O5S. The van der Waals surface area contributed by atoms with E-state index in [0.29, 0.717) is 57.9 Å². The van der Waals surface area contributed by atoms with Crippen LogP contribution in [0, 0.1) is 0 Å². The number of methoxy groups -OCH3 is 3. The number of anilines is 3. The van der Waals surface area contributed by atoms with E-state index in [1.807, 2.05) is 54.6 Å². The molecule has 9 nitrogen and oxygen atoms in total. The molecule has 2 heterocycles. The van der Waals surface area contributed by atoms with Crippen molar-refractivity contribution < 1.29 is 23.7 Å². The molecule has 0 bridgehead atoms. The van der Waals surface area contributed by atoms with Crippen LogP contribution in [0.15, 0.2) is 71.7 Å². The lowest BCUT2D eigenvalue weighted by atomic mass is 10.1. The first-order valence-corrected chi connectivity index (χ1v) is 12.7. The topological polar surface area (TPSA) is 109 Å². The number of benzene rings is 3. The van der Waals surface area contributed by atoms with Gasteiger partial charge in [-0.25, -0.2) is 9.98 Å². The molecule has 38 heavy (non-hydrogen) atoms. The molecule has 3 N–H and O–H groups in total. The number of hydrogen-bond donors (Lipinski definition) is 2. The fourth-order valence-corrected chi connectivity index (χ4v) is 4.89. The number of nitrogens with zero attached hydrogens (tertiary/aromatic N) is 2. The van der Waals surface area contributed by atoms with Crippen LogP contribution in [-0.4, -0.2) is 38.8 Å². The summed E-state index contributed by atoms with van der Waals surface area (Å²) in [7, 11) is 4.69. The number of nitrogens with one attached hydrogen (secondary N) is 1. The van der Waals surface area contributed by atoms with Gasteiger partial charge in [-0.2, -0.15) is 0 Å². The second kappa shape index (κ2) is 11.3. The minimum atomic E-state index is -0.168. The van der Waals surface area contributed by atoms with Crippen molar-refractivity contribution in [3.63, 3.8) is 0 Å². The molecule has 5 rings (SSSR count). The molecule has 1 aromatic heterocycles. The van der Waals surface area contributed by atoms with Crippen molar-refractivity contribution in [1.29, 1.82) is 0 Å². The van der Waals surface area contributed by atoms with Gasteiger partial charge in [0.1, 0.15) is 35.7 Å². The fraction of sp³-hybridized carbons (Fsp3) is 0.214. The van der Waals surface area contributed by atoms with E-state index in [9.17, 15) is 0 Å². The van der Waals surface area contributed by atoms with E-state index >= 15 is 0 Å². The molecule has 0 fully saturated rings. The molecule has 1 unspecified atom stereocenters. The van der Waals surface area contributed by atoms with Gasteiger partial charge in [-0.15, -0.1) is 0 Å². The summed E-state index contributed by atoms with van der Waals surface area (Å²) < 4.78 is 28.2. The van der Waals surface area contributed by atoms with Crippen LogP contribution in [0.5, 0.6) is 23.0 Å². The van der Waals surface area contributed by atoms with Crippen molar-refractivity contribution in [2.45, 2.75) is 12.6 Å². The van der Waals surface area contributed by atoms with Crippen LogP contribution in [0.2, 0.25) is 0 Å². The van der Waals surface area contributed by atoms with Gasteiger partial charge in [-0.05, 0) is 23.3 Å². The van der Waals surface area contributed by atoms with Gasteiger partial charge in [0.2, 0.25) is 11.6 Å². The maximum Gasteiger partial charge on any atom is 0.231 e. The lowest BCUT2D eigenvalue weighted by Gasteiger charge is -2.14. The molecule has 1 aliphatic rings. The molecule has 0 saturated heterocycles. The van der Waals surface area contributed by atoms with E-state index in [1.54, 1.807) is 33.5 Å². The highest BCUT2D eigenvalue weighted by molar-refractivity contribution is 7.18. The zero-order valence-corrected chi connectivity index (χ0v) is 22.1. The van der Waals surface area contributed by atoms with Gasteiger partial charge in [0.25, 0.3) is 0 Å². The van der Waals surface area contributed by atoms with E-state index in [1.165, 1.54) is 11.3 Å². The van der Waals surface area contributed by atoms with Crippen LogP contribution in [0.3, 0.4) is 0 Å². The first-order chi connectivity index (χ1) is 18.6. The zero-order valence-electron chi connectivity index (χ0n) is 21.3. The van der Waals surface area contributed by atoms with Gasteiger partial charge in [0.05, 0.1) is 21.3 Å². The van der Waals surface area contributed by atoms with Gasteiger partial charge in [0, 0.05) is 17.8 Å². The molecule has 0 aliphatic carbocycles. The lowest BCUT2D eigenvalue weighted by Crippen LogP contribution is -2.02. The number of aromatic nitrogens is 1. The average Bonchev–Trinajstić information content (AvgIpc) is 3.58. The maximum atomic E-state index is 6.24. The van der Waals surface area contributed by atoms with E-state index < -0.39 is 0 Å². The standard InChI is InChI=1S/C28H28N4O5S/c1-33-22-13-19(14-23(34-2)24(22)35-3)30-28-32-26(29)25(38-28)27-31-21(16-37-27)18-10-7-11-20(12-18)36-15-17-8-5-4-6-9-17/h4-14,21H,15-16,29H2,1-3H3,(H,30,32). The molecular weight excluding hydrogens is 504 g/mol. The van der Waals surface area contributed by atoms with Crippen LogP contribution in [0.4, 0.5) is 16.6 Å². The van der Waals surface area contributed by atoms with Gasteiger partial charge >= 0.3 is 0 Å². The van der Waals surface area contributed by atoms with Crippen LogP contribution in [0.25, 0.3) is 0 Å². The Morgan fingerprint density at radius 3 is 2.45 bits per heavy atom. The highest BCUT2D eigenvalue weighted by Gasteiger charge is 2.26. The monoisotopic (exact) mass is 532 g/mol. The Morgan fingerprint density at radius 2 is 1.74 bits per heavy atom. The van der Waals surface area contributed by atoms with Gasteiger partial charge in [-0.3, -0.25) is 0 Å². The van der Waals surface area contributed by atoms with Crippen LogP contribution in [0.1, 0.15) is 22.0 Å². The average molecular weight is 533 g/mol. The Bertz CT molecular complexity index is 1420. The summed E-state index contributed by atoms with van der Waals surface area (Å²) in [5.41, 5.74) is 9.07. The molecule has 0 amide bonds. The SMILES string of the molecule is COc1cc(Nc2nc(N)c(C3=NC(c4cccc(OCc5ccccc5)c4)CO3)s2)cc(OC)c1OC. The van der Waals surface area contributed by atoms with Crippen LogP contribution < -0.4 is 30.0 Å². The van der Waals surface area contributed by atoms with Crippen molar-refractivity contribution in [3.05, 3.63) is 82.7 Å². The lowest BCUT2D eigenvalue weighted by molar-refractivity contribution is 0.303. The predicted octanol–water partition coefficient (Wildman–Crippen LogP) is 5.59. The van der Waals surface area contributed by atoms with Crippen molar-refractivity contribution in [2.75, 3.05) is 39.0 Å². The van der Waals surface area contributed by atoms with E-state index in [2.05, 4.69) is 10.3 Å². The van der Waals surface area contributed by atoms with E-state index in [-0.39, 0.29) is 6.04 Å². The van der Waals surface area contributed by atoms with Gasteiger partial charge < -0.3 is 34.7 Å². The third-order valence-corrected chi connectivity index (χ3v) is 6.88. The smallest absolute Gasteiger partial charge is 0.231 e. The first kappa shape index (κ1) is 25.2. The minimum absolute atomic E-state index is 0.168. The number of nitrogen functional groups attached to an aromatic ring is 1. The molecule has 0 radical (unpaired) electrons. The number of hydrogen-bond acceptors (Lipinski definition) is 10. The van der Waals surface area contributed by atoms with Crippen LogP contribution in [-0.2, 0) is 11.3 Å². The third-order valence-electron chi connectivity index (χ3n) is 5.91. The Morgan fingerprint density at radius 1 is 0.974 bits per heavy atom. The Labute approximate surface area is 224 Å². The molecule has 1 atom stereocenters. The second-order valence-electron chi connectivity index (χ2n) is 8.38. The zero-order chi connectivity index (χ0) is 26.5. The Kier molecular flexibility index (Phi) is 7.50. The fourth-order valence-electron chi connectivity index (χ4n) is 4.04. The summed E-state index contributed by atoms with van der Waals surface area (Å²) in [6.07, 6.45) is 0. The summed E-state index contributed by atoms with van der Waals surface area (Å²) in [5.74, 6) is 3.15. The number of rotatable bonds is 10. The van der Waals surface area contributed by atoms with Crippen molar-refractivity contribution in [1.82, 2.24) is 4.98 Å². The molecule has 4 aromatic rings. The summed E-state index contributed by atoms with van der Waals surface area (Å²) >= 11 is 1.35. The number of nitrogens with two attached hydrogens (primary N) is 1. The largest absolute Gasteiger partial charge is 0.493 e. The Balaban J connectivity index is 1.31. The molecule has 10 heteroatoms. The molecule has 3 aromatic carbocycles. The van der Waals surface area contributed by atoms with E-state index in [4.69, 9.17) is 34.4 Å². The summed E-state index contributed by atoms with van der Waals surface area (Å²) in [6.45, 7) is 0.906. The molecule has 1 aliphatic heterocycles. The van der Waals surface area contributed by atoms with Gasteiger partial charge in [-0.1, -0.05) is 53.8 Å².